The Kier molecular flexibility index (Phi) is 2.95. The van der Waals surface area contributed by atoms with Gasteiger partial charge in [0.2, 0.25) is 0 Å². The Hall–Kier alpha value is -1.03. The highest BCUT2D eigenvalue weighted by molar-refractivity contribution is 6.32. The van der Waals surface area contributed by atoms with Gasteiger partial charge in [0.15, 0.2) is 0 Å². The maximum Gasteiger partial charge on any atom is 0.134 e. The van der Waals surface area contributed by atoms with Crippen molar-refractivity contribution in [2.45, 2.75) is 6.54 Å². The Balaban J connectivity index is 2.44. The molecule has 0 saturated heterocycles. The lowest BCUT2D eigenvalue weighted by Crippen LogP contribution is -1.97. The first-order chi connectivity index (χ1) is 7.20. The summed E-state index contributed by atoms with van der Waals surface area (Å²) >= 11 is 11.8. The van der Waals surface area contributed by atoms with E-state index in [4.69, 9.17) is 28.9 Å². The molecule has 0 radical (unpaired) electrons. The summed E-state index contributed by atoms with van der Waals surface area (Å²) in [7, 11) is 0. The molecule has 1 aromatic heterocycles. The predicted molar refractivity (Wildman–Crippen MR) is 61.9 cm³/mol. The highest BCUT2D eigenvalue weighted by Gasteiger charge is 2.09. The van der Waals surface area contributed by atoms with Crippen molar-refractivity contribution in [1.82, 2.24) is 9.97 Å². The highest BCUT2D eigenvalue weighted by Crippen LogP contribution is 2.26. The second-order valence-corrected chi connectivity index (χ2v) is 3.87. The van der Waals surface area contributed by atoms with Crippen LogP contribution in [0.5, 0.6) is 0 Å². The summed E-state index contributed by atoms with van der Waals surface area (Å²) in [5.74, 6) is 0.671. The van der Waals surface area contributed by atoms with Gasteiger partial charge in [0.05, 0.1) is 6.54 Å². The minimum Gasteiger partial charge on any atom is -0.331 e. The lowest BCUT2D eigenvalue weighted by Gasteiger charge is -1.96. The first kappa shape index (κ1) is 10.5. The Morgan fingerprint density at radius 3 is 2.40 bits per heavy atom. The van der Waals surface area contributed by atoms with Gasteiger partial charge < -0.3 is 10.7 Å². The molecule has 0 atom stereocenters. The van der Waals surface area contributed by atoms with Crippen molar-refractivity contribution in [3.05, 3.63) is 40.3 Å². The average molecular weight is 242 g/mol. The molecule has 15 heavy (non-hydrogen) atoms. The number of hydrogen-bond donors (Lipinski definition) is 2. The molecule has 5 heteroatoms. The molecule has 2 rings (SSSR count). The summed E-state index contributed by atoms with van der Waals surface area (Å²) < 4.78 is 0. The maximum absolute atomic E-state index is 5.99. The van der Waals surface area contributed by atoms with Gasteiger partial charge in [-0.3, -0.25) is 0 Å². The molecule has 0 bridgehead atoms. The fraction of sp³-hybridized carbons (Fsp3) is 0.100. The molecule has 3 N–H and O–H groups in total. The molecular formula is C10H9Cl2N3. The van der Waals surface area contributed by atoms with Crippen LogP contribution in [-0.4, -0.2) is 9.97 Å². The molecule has 0 aliphatic heterocycles. The number of H-pyrrole nitrogens is 1. The average Bonchev–Trinajstić information content (AvgIpc) is 2.61. The number of benzene rings is 1. The normalized spacial score (nSPS) is 10.6. The van der Waals surface area contributed by atoms with Crippen LogP contribution in [0.25, 0.3) is 11.3 Å². The van der Waals surface area contributed by atoms with E-state index in [1.807, 2.05) is 12.1 Å². The third-order valence-corrected chi connectivity index (χ3v) is 2.55. The van der Waals surface area contributed by atoms with Crippen LogP contribution >= 0.6 is 23.2 Å². The Morgan fingerprint density at radius 2 is 1.87 bits per heavy atom. The van der Waals surface area contributed by atoms with E-state index in [1.165, 1.54) is 0 Å². The molecule has 0 amide bonds. The Bertz CT molecular complexity index is 462. The van der Waals surface area contributed by atoms with E-state index in [9.17, 15) is 0 Å². The molecule has 0 fully saturated rings. The summed E-state index contributed by atoms with van der Waals surface area (Å²) in [5, 5.41) is 1.18. The monoisotopic (exact) mass is 241 g/mol. The Morgan fingerprint density at radius 1 is 1.20 bits per heavy atom. The van der Waals surface area contributed by atoms with Crippen molar-refractivity contribution in [2.24, 2.45) is 5.73 Å². The quantitative estimate of drug-likeness (QED) is 0.850. The van der Waals surface area contributed by atoms with Crippen LogP contribution in [0.4, 0.5) is 0 Å². The number of nitrogens with one attached hydrogen (secondary N) is 1. The zero-order chi connectivity index (χ0) is 10.8. The van der Waals surface area contributed by atoms with E-state index in [-0.39, 0.29) is 0 Å². The number of hydrogen-bond acceptors (Lipinski definition) is 2. The second-order valence-electron chi connectivity index (χ2n) is 3.06. The SMILES string of the molecule is NCc1nc(-c2ccc(Cl)cc2)c(Cl)[nH]1. The van der Waals surface area contributed by atoms with E-state index in [0.717, 1.165) is 5.56 Å². The van der Waals surface area contributed by atoms with Crippen LogP contribution in [0.1, 0.15) is 5.82 Å². The standard InChI is InChI=1S/C10H9Cl2N3/c11-7-3-1-6(2-4-7)9-10(12)15-8(5-13)14-9/h1-4H,5,13H2,(H,14,15). The number of aromatic amines is 1. The minimum absolute atomic E-state index is 0.341. The number of aromatic nitrogens is 2. The fourth-order valence-corrected chi connectivity index (χ4v) is 1.68. The third-order valence-electron chi connectivity index (χ3n) is 2.02. The molecule has 78 valence electrons. The van der Waals surface area contributed by atoms with Crippen molar-refractivity contribution >= 4 is 23.2 Å². The molecule has 1 heterocycles. The van der Waals surface area contributed by atoms with Crippen LogP contribution in [0.15, 0.2) is 24.3 Å². The van der Waals surface area contributed by atoms with Crippen LogP contribution in [-0.2, 0) is 6.54 Å². The molecule has 0 aliphatic carbocycles. The zero-order valence-corrected chi connectivity index (χ0v) is 9.31. The van der Waals surface area contributed by atoms with Gasteiger partial charge in [0.1, 0.15) is 16.7 Å². The number of imidazole rings is 1. The number of halogens is 2. The minimum atomic E-state index is 0.341. The van der Waals surface area contributed by atoms with Gasteiger partial charge in [0.25, 0.3) is 0 Å². The van der Waals surface area contributed by atoms with Crippen LogP contribution in [0.2, 0.25) is 10.2 Å². The summed E-state index contributed by atoms with van der Waals surface area (Å²) in [4.78, 5) is 7.18. The third kappa shape index (κ3) is 2.15. The molecule has 0 saturated carbocycles. The van der Waals surface area contributed by atoms with Gasteiger partial charge in [-0.2, -0.15) is 0 Å². The smallest absolute Gasteiger partial charge is 0.134 e. The summed E-state index contributed by atoms with van der Waals surface area (Å²) in [6.45, 7) is 0.341. The second kappa shape index (κ2) is 4.23. The zero-order valence-electron chi connectivity index (χ0n) is 7.80. The first-order valence-corrected chi connectivity index (χ1v) is 5.16. The van der Waals surface area contributed by atoms with E-state index in [2.05, 4.69) is 9.97 Å². The fourth-order valence-electron chi connectivity index (χ4n) is 1.29. The van der Waals surface area contributed by atoms with Gasteiger partial charge >= 0.3 is 0 Å². The molecule has 3 nitrogen and oxygen atoms in total. The van der Waals surface area contributed by atoms with Gasteiger partial charge in [-0.05, 0) is 12.1 Å². The topological polar surface area (TPSA) is 54.7 Å². The van der Waals surface area contributed by atoms with Crippen molar-refractivity contribution in [2.75, 3.05) is 0 Å². The Labute approximate surface area is 97.2 Å². The van der Waals surface area contributed by atoms with Crippen molar-refractivity contribution in [3.8, 4) is 11.3 Å². The lowest BCUT2D eigenvalue weighted by molar-refractivity contribution is 0.951. The van der Waals surface area contributed by atoms with Gasteiger partial charge in [-0.15, -0.1) is 0 Å². The van der Waals surface area contributed by atoms with Crippen molar-refractivity contribution in [1.29, 1.82) is 0 Å². The molecule has 0 unspecified atom stereocenters. The number of nitrogens with two attached hydrogens (primary N) is 1. The summed E-state index contributed by atoms with van der Waals surface area (Å²) in [6, 6.07) is 7.32. The lowest BCUT2D eigenvalue weighted by atomic mass is 10.2. The van der Waals surface area contributed by atoms with Gasteiger partial charge in [-0.25, -0.2) is 4.98 Å². The molecule has 1 aromatic carbocycles. The van der Waals surface area contributed by atoms with Crippen LogP contribution < -0.4 is 5.73 Å². The number of nitrogens with zero attached hydrogens (tertiary/aromatic N) is 1. The first-order valence-electron chi connectivity index (χ1n) is 4.41. The van der Waals surface area contributed by atoms with Crippen LogP contribution in [0, 0.1) is 0 Å². The van der Waals surface area contributed by atoms with Gasteiger partial charge in [-0.1, -0.05) is 35.3 Å². The van der Waals surface area contributed by atoms with E-state index >= 15 is 0 Å². The highest BCUT2D eigenvalue weighted by atomic mass is 35.5. The molecule has 0 aliphatic rings. The van der Waals surface area contributed by atoms with E-state index < -0.39 is 0 Å². The number of rotatable bonds is 2. The molecule has 2 aromatic rings. The van der Waals surface area contributed by atoms with E-state index in [0.29, 0.717) is 28.2 Å². The maximum atomic E-state index is 5.99. The van der Waals surface area contributed by atoms with Crippen molar-refractivity contribution in [3.63, 3.8) is 0 Å². The summed E-state index contributed by atoms with van der Waals surface area (Å²) in [6.07, 6.45) is 0. The summed E-state index contributed by atoms with van der Waals surface area (Å²) in [5.41, 5.74) is 7.08. The van der Waals surface area contributed by atoms with E-state index in [1.54, 1.807) is 12.1 Å². The largest absolute Gasteiger partial charge is 0.331 e. The van der Waals surface area contributed by atoms with Gasteiger partial charge in [0, 0.05) is 10.6 Å². The van der Waals surface area contributed by atoms with Crippen molar-refractivity contribution < 1.29 is 0 Å². The van der Waals surface area contributed by atoms with Crippen LogP contribution in [0.3, 0.4) is 0 Å². The molecule has 0 spiro atoms. The molecular weight excluding hydrogens is 233 g/mol. The predicted octanol–water partition coefficient (Wildman–Crippen LogP) is 2.84.